The van der Waals surface area contributed by atoms with Crippen molar-refractivity contribution in [3.63, 3.8) is 0 Å². The van der Waals surface area contributed by atoms with Crippen molar-refractivity contribution in [2.24, 2.45) is 5.73 Å². The smallest absolute Gasteiger partial charge is 0.416 e. The third-order valence-electron chi connectivity index (χ3n) is 7.30. The molecule has 3 aromatic rings. The molecule has 1 aliphatic heterocycles. The van der Waals surface area contributed by atoms with E-state index in [0.717, 1.165) is 5.56 Å². The van der Waals surface area contributed by atoms with Crippen LogP contribution in [0.1, 0.15) is 73.9 Å². The molecule has 9 nitrogen and oxygen atoms in total. The molecule has 2 atom stereocenters. The number of fused-ring (bicyclic) bond motifs is 1. The zero-order valence-electron chi connectivity index (χ0n) is 24.8. The molecule has 2 heterocycles. The van der Waals surface area contributed by atoms with Crippen LogP contribution >= 0.6 is 0 Å². The topological polar surface area (TPSA) is 102 Å². The number of carbonyl (C=O) groups is 1. The standard InChI is InChI=1S/C29H35F6N7O2/c1-5-22-15-25(23-11-18(4)7-8-24(23)42(22)27(43)44-17(2)3)40(26-37-39-41(38-26)10-6-9-36)16-19-12-20(28(30,31)32)14-21(13-19)29(33,34)35/h7-8,11-14,17,22,25H,5-6,9-10,15-16,36H2,1-4H3/t22-,25+/m1/s1. The number of alkyl halides is 6. The number of amides is 1. The number of nitrogens with two attached hydrogens (primary N) is 1. The van der Waals surface area contributed by atoms with Crippen LogP contribution in [-0.4, -0.2) is 45.0 Å². The van der Waals surface area contributed by atoms with E-state index in [1.54, 1.807) is 29.7 Å². The van der Waals surface area contributed by atoms with E-state index < -0.39 is 48.2 Å². The number of aromatic nitrogens is 4. The van der Waals surface area contributed by atoms with Gasteiger partial charge in [0, 0.05) is 12.6 Å². The fourth-order valence-electron chi connectivity index (χ4n) is 5.30. The van der Waals surface area contributed by atoms with Crippen molar-refractivity contribution in [2.45, 2.75) is 90.6 Å². The van der Waals surface area contributed by atoms with Crippen LogP contribution in [0.15, 0.2) is 36.4 Å². The molecule has 4 rings (SSSR count). The summed E-state index contributed by atoms with van der Waals surface area (Å²) in [5.41, 5.74) is 4.49. The summed E-state index contributed by atoms with van der Waals surface area (Å²) in [4.78, 5) is 17.6. The van der Waals surface area contributed by atoms with Crippen molar-refractivity contribution in [3.05, 3.63) is 64.2 Å². The molecule has 0 radical (unpaired) electrons. The van der Waals surface area contributed by atoms with Crippen molar-refractivity contribution in [1.29, 1.82) is 0 Å². The lowest BCUT2D eigenvalue weighted by Gasteiger charge is -2.44. The second-order valence-corrected chi connectivity index (χ2v) is 11.0. The molecule has 2 N–H and O–H groups in total. The molecule has 15 heteroatoms. The van der Waals surface area contributed by atoms with E-state index in [1.807, 2.05) is 26.0 Å². The summed E-state index contributed by atoms with van der Waals surface area (Å²) in [6.07, 6.45) is -9.69. The molecule has 0 bridgehead atoms. The Kier molecular flexibility index (Phi) is 9.76. The summed E-state index contributed by atoms with van der Waals surface area (Å²) < 4.78 is 88.0. The first-order valence-corrected chi connectivity index (χ1v) is 14.3. The summed E-state index contributed by atoms with van der Waals surface area (Å²) in [6, 6.07) is 5.85. The highest BCUT2D eigenvalue weighted by Crippen LogP contribution is 2.44. The molecule has 0 fully saturated rings. The van der Waals surface area contributed by atoms with Gasteiger partial charge in [-0.15, -0.1) is 5.10 Å². The second kappa shape index (κ2) is 13.0. The number of hydrogen-bond donors (Lipinski definition) is 1. The molecule has 0 saturated carbocycles. The molecule has 2 aromatic carbocycles. The van der Waals surface area contributed by atoms with Gasteiger partial charge in [-0.05, 0) is 87.2 Å². The third-order valence-corrected chi connectivity index (χ3v) is 7.30. The van der Waals surface area contributed by atoms with Crippen molar-refractivity contribution in [3.8, 4) is 0 Å². The van der Waals surface area contributed by atoms with Gasteiger partial charge in [-0.2, -0.15) is 31.1 Å². The fraction of sp³-hybridized carbons (Fsp3) is 0.517. The van der Waals surface area contributed by atoms with Crippen molar-refractivity contribution < 1.29 is 35.9 Å². The van der Waals surface area contributed by atoms with Gasteiger partial charge in [0.2, 0.25) is 0 Å². The van der Waals surface area contributed by atoms with Crippen LogP contribution in [0, 0.1) is 6.92 Å². The van der Waals surface area contributed by atoms with Gasteiger partial charge in [0.15, 0.2) is 0 Å². The summed E-state index contributed by atoms with van der Waals surface area (Å²) in [5, 5.41) is 12.6. The van der Waals surface area contributed by atoms with E-state index in [1.165, 1.54) is 4.80 Å². The number of benzene rings is 2. The summed E-state index contributed by atoms with van der Waals surface area (Å²) in [5.74, 6) is 0.0125. The lowest BCUT2D eigenvalue weighted by Crippen LogP contribution is -2.48. The Morgan fingerprint density at radius 3 is 2.32 bits per heavy atom. The van der Waals surface area contributed by atoms with E-state index in [4.69, 9.17) is 10.5 Å². The van der Waals surface area contributed by atoms with Crippen molar-refractivity contribution >= 4 is 17.7 Å². The minimum atomic E-state index is -5.01. The SMILES string of the molecule is CC[C@@H]1C[C@H](N(Cc2cc(C(F)(F)F)cc(C(F)(F)F)c2)c2nnn(CCCN)n2)c2cc(C)ccc2N1C(=O)OC(C)C. The first kappa shape index (κ1) is 33.0. The number of tetrazole rings is 1. The predicted octanol–water partition coefficient (Wildman–Crippen LogP) is 6.65. The fourth-order valence-corrected chi connectivity index (χ4v) is 5.30. The van der Waals surface area contributed by atoms with Crippen molar-refractivity contribution in [2.75, 3.05) is 16.3 Å². The maximum absolute atomic E-state index is 13.7. The highest BCUT2D eigenvalue weighted by Gasteiger charge is 2.41. The number of anilines is 2. The average Bonchev–Trinajstić information content (AvgIpc) is 3.41. The molecule has 240 valence electrons. The normalized spacial score (nSPS) is 17.1. The first-order valence-electron chi connectivity index (χ1n) is 14.3. The van der Waals surface area contributed by atoms with E-state index in [2.05, 4.69) is 15.4 Å². The molecule has 1 amide bonds. The van der Waals surface area contributed by atoms with Crippen LogP contribution in [-0.2, 0) is 30.2 Å². The van der Waals surface area contributed by atoms with E-state index in [-0.39, 0.29) is 30.1 Å². The zero-order chi connectivity index (χ0) is 32.4. The molecule has 44 heavy (non-hydrogen) atoms. The van der Waals surface area contributed by atoms with E-state index in [0.29, 0.717) is 49.3 Å². The Morgan fingerprint density at radius 2 is 1.75 bits per heavy atom. The van der Waals surface area contributed by atoms with Gasteiger partial charge in [0.05, 0.1) is 35.5 Å². The summed E-state index contributed by atoms with van der Waals surface area (Å²) >= 11 is 0. The van der Waals surface area contributed by atoms with Crippen LogP contribution in [0.25, 0.3) is 0 Å². The minimum Gasteiger partial charge on any atom is -0.446 e. The van der Waals surface area contributed by atoms with Crippen LogP contribution in [0.4, 0.5) is 42.8 Å². The van der Waals surface area contributed by atoms with Gasteiger partial charge in [-0.1, -0.05) is 29.7 Å². The zero-order valence-corrected chi connectivity index (χ0v) is 24.8. The molecule has 0 spiro atoms. The number of halogens is 6. The summed E-state index contributed by atoms with van der Waals surface area (Å²) in [6.45, 7) is 7.44. The Bertz CT molecular complexity index is 1420. The number of aryl methyl sites for hydroxylation is 2. The number of hydrogen-bond acceptors (Lipinski definition) is 7. The van der Waals surface area contributed by atoms with Gasteiger partial charge in [-0.25, -0.2) is 4.79 Å². The van der Waals surface area contributed by atoms with Gasteiger partial charge < -0.3 is 15.4 Å². The Hall–Kier alpha value is -3.88. The van der Waals surface area contributed by atoms with E-state index >= 15 is 0 Å². The molecule has 1 aliphatic rings. The van der Waals surface area contributed by atoms with E-state index in [9.17, 15) is 31.1 Å². The highest BCUT2D eigenvalue weighted by atomic mass is 19.4. The van der Waals surface area contributed by atoms with Crippen LogP contribution in [0.2, 0.25) is 0 Å². The molecule has 0 aliphatic carbocycles. The molecule has 0 unspecified atom stereocenters. The first-order chi connectivity index (χ1) is 20.6. The highest BCUT2D eigenvalue weighted by molar-refractivity contribution is 5.90. The predicted molar refractivity (Wildman–Crippen MR) is 151 cm³/mol. The second-order valence-electron chi connectivity index (χ2n) is 11.0. The molecule has 0 saturated heterocycles. The molecular formula is C29H35F6N7O2. The molecule has 1 aromatic heterocycles. The largest absolute Gasteiger partial charge is 0.446 e. The minimum absolute atomic E-state index is 0.0125. The average molecular weight is 628 g/mol. The van der Waals surface area contributed by atoms with Crippen LogP contribution in [0.5, 0.6) is 0 Å². The van der Waals surface area contributed by atoms with Crippen LogP contribution < -0.4 is 15.5 Å². The quantitative estimate of drug-likeness (QED) is 0.265. The Labute approximate surface area is 250 Å². The number of rotatable bonds is 9. The maximum Gasteiger partial charge on any atom is 0.416 e. The third kappa shape index (κ3) is 7.42. The van der Waals surface area contributed by atoms with Crippen molar-refractivity contribution in [1.82, 2.24) is 20.2 Å². The summed E-state index contributed by atoms with van der Waals surface area (Å²) in [7, 11) is 0. The maximum atomic E-state index is 13.7. The Morgan fingerprint density at radius 1 is 1.09 bits per heavy atom. The van der Waals surface area contributed by atoms with Gasteiger partial charge >= 0.3 is 18.4 Å². The number of carbonyl (C=O) groups excluding carboxylic acids is 1. The lowest BCUT2D eigenvalue weighted by molar-refractivity contribution is -0.143. The monoisotopic (exact) mass is 627 g/mol. The van der Waals surface area contributed by atoms with Gasteiger partial charge in [0.1, 0.15) is 0 Å². The van der Waals surface area contributed by atoms with Gasteiger partial charge in [0.25, 0.3) is 5.95 Å². The lowest BCUT2D eigenvalue weighted by atomic mass is 9.87. The molecular weight excluding hydrogens is 592 g/mol. The van der Waals surface area contributed by atoms with Crippen LogP contribution in [0.3, 0.4) is 0 Å². The van der Waals surface area contributed by atoms with Gasteiger partial charge in [-0.3, -0.25) is 4.90 Å². The number of nitrogens with zero attached hydrogens (tertiary/aromatic N) is 6. The number of ether oxygens (including phenoxy) is 1. The Balaban J connectivity index is 1.88.